The number of hydrogen-bond donors (Lipinski definition) is 2. The van der Waals surface area contributed by atoms with Crippen molar-refractivity contribution in [2.24, 2.45) is 4.99 Å². The first-order valence-electron chi connectivity index (χ1n) is 3.74. The van der Waals surface area contributed by atoms with Gasteiger partial charge in [-0.3, -0.25) is 0 Å². The van der Waals surface area contributed by atoms with E-state index >= 15 is 0 Å². The van der Waals surface area contributed by atoms with E-state index in [1.165, 1.54) is 12.1 Å². The summed E-state index contributed by atoms with van der Waals surface area (Å²) in [7, 11) is 0. The topological polar surface area (TPSA) is 87.0 Å². The molecule has 0 saturated heterocycles. The van der Waals surface area contributed by atoms with Gasteiger partial charge >= 0.3 is 11.9 Å². The second-order valence-electron chi connectivity index (χ2n) is 2.58. The van der Waals surface area contributed by atoms with Gasteiger partial charge in [0.25, 0.3) is 0 Å². The van der Waals surface area contributed by atoms with Crippen LogP contribution in [0.15, 0.2) is 23.2 Å². The molecule has 0 aliphatic carbocycles. The summed E-state index contributed by atoms with van der Waals surface area (Å²) in [6.45, 7) is 0. The number of carboxylic acids is 2. The van der Waals surface area contributed by atoms with Gasteiger partial charge in [-0.05, 0) is 30.4 Å². The van der Waals surface area contributed by atoms with Crippen LogP contribution in [0.5, 0.6) is 0 Å². The molecule has 0 heterocycles. The van der Waals surface area contributed by atoms with E-state index in [9.17, 15) is 9.59 Å². The summed E-state index contributed by atoms with van der Waals surface area (Å²) in [6, 6.07) is 3.48. The molecule has 1 aromatic carbocycles. The SMILES string of the molecule is O=C(O)c1cc(N=C=S)cc(C(=O)O)c1.[Na]. The number of rotatable bonds is 3. The average Bonchev–Trinajstić information content (AvgIpc) is 2.17. The number of isothiocyanates is 1. The summed E-state index contributed by atoms with van der Waals surface area (Å²) >= 11 is 4.34. The Kier molecular flexibility index (Phi) is 6.10. The molecule has 0 saturated carbocycles. The summed E-state index contributed by atoms with van der Waals surface area (Å²) in [5.41, 5.74) is -0.153. The molecule has 0 fully saturated rings. The summed E-state index contributed by atoms with van der Waals surface area (Å²) in [5.74, 6) is -2.45. The summed E-state index contributed by atoms with van der Waals surface area (Å²) in [4.78, 5) is 24.8. The third-order valence-electron chi connectivity index (χ3n) is 1.59. The molecule has 1 radical (unpaired) electrons. The number of carboxylic acid groups (broad SMARTS) is 2. The molecule has 0 bridgehead atoms. The van der Waals surface area contributed by atoms with Gasteiger partial charge in [0.1, 0.15) is 0 Å². The van der Waals surface area contributed by atoms with E-state index in [0.717, 1.165) is 6.07 Å². The molecule has 2 N–H and O–H groups in total. The van der Waals surface area contributed by atoms with Crippen molar-refractivity contribution in [3.8, 4) is 0 Å². The van der Waals surface area contributed by atoms with E-state index in [4.69, 9.17) is 10.2 Å². The number of thiocarbonyl (C=S) groups is 1. The van der Waals surface area contributed by atoms with Gasteiger partial charge in [0.15, 0.2) is 0 Å². The van der Waals surface area contributed by atoms with Crippen LogP contribution in [-0.2, 0) is 0 Å². The smallest absolute Gasteiger partial charge is 0.335 e. The summed E-state index contributed by atoms with van der Waals surface area (Å²) in [6.07, 6.45) is 0. The van der Waals surface area contributed by atoms with Crippen LogP contribution >= 0.6 is 12.2 Å². The van der Waals surface area contributed by atoms with Gasteiger partial charge in [0.2, 0.25) is 0 Å². The standard InChI is InChI=1S/C9H5NO4S.Na/c11-8(12)5-1-6(9(13)14)3-7(2-5)10-4-15;/h1-3H,(H,11,12)(H,13,14);. The van der Waals surface area contributed by atoms with E-state index in [-0.39, 0.29) is 46.4 Å². The maximum absolute atomic E-state index is 10.7. The Morgan fingerprint density at radius 2 is 1.56 bits per heavy atom. The van der Waals surface area contributed by atoms with Crippen LogP contribution < -0.4 is 0 Å². The number of benzene rings is 1. The number of hydrogen-bond acceptors (Lipinski definition) is 4. The molecule has 0 aliphatic heterocycles. The summed E-state index contributed by atoms with van der Waals surface area (Å²) in [5, 5.41) is 19.4. The minimum Gasteiger partial charge on any atom is -0.478 e. The Morgan fingerprint density at radius 1 is 1.12 bits per heavy atom. The van der Waals surface area contributed by atoms with Crippen LogP contribution in [0.4, 0.5) is 5.69 Å². The van der Waals surface area contributed by atoms with Crippen LogP contribution in [0.3, 0.4) is 0 Å². The molecule has 1 aromatic rings. The number of nitrogens with zero attached hydrogens (tertiary/aromatic N) is 1. The molecule has 0 unspecified atom stereocenters. The zero-order chi connectivity index (χ0) is 11.4. The van der Waals surface area contributed by atoms with E-state index in [0.29, 0.717) is 0 Å². The molecule has 0 spiro atoms. The molecule has 7 heteroatoms. The molecule has 1 rings (SSSR count). The van der Waals surface area contributed by atoms with E-state index < -0.39 is 11.9 Å². The Labute approximate surface area is 118 Å². The van der Waals surface area contributed by atoms with Crippen LogP contribution in [-0.4, -0.2) is 56.9 Å². The number of aliphatic imine (C=N–C) groups is 1. The van der Waals surface area contributed by atoms with Gasteiger partial charge in [-0.2, -0.15) is 4.99 Å². The minimum atomic E-state index is -1.22. The second-order valence-corrected chi connectivity index (χ2v) is 2.76. The molecular weight excluding hydrogens is 241 g/mol. The van der Waals surface area contributed by atoms with Crippen molar-refractivity contribution >= 4 is 64.6 Å². The Hall–Kier alpha value is -1.04. The molecule has 0 aromatic heterocycles. The van der Waals surface area contributed by atoms with Crippen LogP contribution in [0.1, 0.15) is 20.7 Å². The van der Waals surface area contributed by atoms with Crippen molar-refractivity contribution in [3.05, 3.63) is 29.3 Å². The monoisotopic (exact) mass is 246 g/mol. The normalized spacial score (nSPS) is 8.50. The van der Waals surface area contributed by atoms with Crippen molar-refractivity contribution in [2.45, 2.75) is 0 Å². The first-order chi connectivity index (χ1) is 7.04. The maximum atomic E-state index is 10.7. The zero-order valence-corrected chi connectivity index (χ0v) is 11.1. The maximum Gasteiger partial charge on any atom is 0.335 e. The van der Waals surface area contributed by atoms with Gasteiger partial charge in [-0.15, -0.1) is 0 Å². The van der Waals surface area contributed by atoms with Gasteiger partial charge < -0.3 is 10.2 Å². The average molecular weight is 246 g/mol. The van der Waals surface area contributed by atoms with Gasteiger partial charge in [0.05, 0.1) is 22.0 Å². The van der Waals surface area contributed by atoms with Gasteiger partial charge in [0, 0.05) is 29.6 Å². The van der Waals surface area contributed by atoms with Crippen molar-refractivity contribution in [1.29, 1.82) is 0 Å². The molecular formula is C9H5NNaO4S. The predicted molar refractivity (Wildman–Crippen MR) is 60.8 cm³/mol. The van der Waals surface area contributed by atoms with Crippen molar-refractivity contribution < 1.29 is 19.8 Å². The van der Waals surface area contributed by atoms with E-state index in [1.54, 1.807) is 0 Å². The largest absolute Gasteiger partial charge is 0.478 e. The molecule has 0 amide bonds. The van der Waals surface area contributed by atoms with E-state index in [1.807, 2.05) is 5.16 Å². The second kappa shape index (κ2) is 6.52. The van der Waals surface area contributed by atoms with Crippen LogP contribution in [0, 0.1) is 0 Å². The number of carbonyl (C=O) groups is 2. The van der Waals surface area contributed by atoms with E-state index in [2.05, 4.69) is 17.2 Å². The van der Waals surface area contributed by atoms with Crippen LogP contribution in [0.25, 0.3) is 0 Å². The predicted octanol–water partition coefficient (Wildman–Crippen LogP) is 1.44. The molecule has 5 nitrogen and oxygen atoms in total. The first-order valence-corrected chi connectivity index (χ1v) is 4.15. The quantitative estimate of drug-likeness (QED) is 0.478. The molecule has 0 aliphatic rings. The third-order valence-corrected chi connectivity index (χ3v) is 1.68. The molecule has 77 valence electrons. The first kappa shape index (κ1) is 15.0. The fraction of sp³-hybridized carbons (Fsp3) is 0. The zero-order valence-electron chi connectivity index (χ0n) is 8.30. The van der Waals surface area contributed by atoms with Crippen molar-refractivity contribution in [3.63, 3.8) is 0 Å². The van der Waals surface area contributed by atoms with Crippen LogP contribution in [0.2, 0.25) is 0 Å². The van der Waals surface area contributed by atoms with Gasteiger partial charge in [-0.25, -0.2) is 9.59 Å². The molecule has 0 atom stereocenters. The molecule has 16 heavy (non-hydrogen) atoms. The fourth-order valence-corrected chi connectivity index (χ4v) is 1.08. The van der Waals surface area contributed by atoms with Gasteiger partial charge in [-0.1, -0.05) is 0 Å². The Balaban J connectivity index is 0.00000225. The fourth-order valence-electron chi connectivity index (χ4n) is 0.975. The Bertz CT molecular complexity index is 420. The Morgan fingerprint density at radius 3 is 1.88 bits per heavy atom. The van der Waals surface area contributed by atoms with Crippen molar-refractivity contribution in [1.82, 2.24) is 0 Å². The van der Waals surface area contributed by atoms with Crippen molar-refractivity contribution in [2.75, 3.05) is 0 Å². The number of aromatic carboxylic acids is 2. The summed E-state index contributed by atoms with van der Waals surface area (Å²) < 4.78 is 0. The third kappa shape index (κ3) is 3.84. The minimum absolute atomic E-state index is 0.